The molecule has 5 N–H and O–H groups in total. The molecule has 2 heterocycles. The van der Waals surface area contributed by atoms with Crippen LogP contribution in [0.25, 0.3) is 6.08 Å². The van der Waals surface area contributed by atoms with Gasteiger partial charge >= 0.3 is 0 Å². The van der Waals surface area contributed by atoms with Gasteiger partial charge in [0.2, 0.25) is 36.3 Å². The molecule has 3 fully saturated rings. The molecule has 5 amide bonds. The number of ether oxygens (including phenoxy) is 3. The monoisotopic (exact) mass is 1260 g/mol. The second-order valence-electron chi connectivity index (χ2n) is 25.5. The predicted molar refractivity (Wildman–Crippen MR) is 376 cm³/mol. The number of nitrogens with zero attached hydrogens (tertiary/aromatic N) is 1. The average molecular weight is 1260 g/mol. The van der Waals surface area contributed by atoms with Crippen LogP contribution < -0.4 is 35.5 Å². The molecule has 0 unspecified atom stereocenters. The number of piperidine rings is 1. The highest BCUT2D eigenvalue weighted by Crippen LogP contribution is 2.62. The largest absolute Gasteiger partial charge is 0.504 e. The first-order valence-corrected chi connectivity index (χ1v) is 34.2. The van der Waals surface area contributed by atoms with Crippen LogP contribution in [-0.4, -0.2) is 86.2 Å². The van der Waals surface area contributed by atoms with E-state index in [4.69, 9.17) is 14.2 Å². The van der Waals surface area contributed by atoms with Gasteiger partial charge in [0.05, 0.1) is 7.11 Å². The van der Waals surface area contributed by atoms with Crippen LogP contribution in [0.15, 0.2) is 128 Å². The fraction of sp³-hybridized carbons (Fsp3) is 0.571. The van der Waals surface area contributed by atoms with E-state index in [0.29, 0.717) is 60.1 Å². The minimum absolute atomic E-state index is 0.00568. The number of aromatic hydroxyl groups is 1. The van der Waals surface area contributed by atoms with Crippen molar-refractivity contribution in [3.8, 4) is 23.0 Å². The van der Waals surface area contributed by atoms with Gasteiger partial charge in [0.25, 0.3) is 0 Å². The molecule has 6 rings (SSSR count). The molecular weight excluding hydrogens is 1140 g/mol. The van der Waals surface area contributed by atoms with E-state index >= 15 is 0 Å². The van der Waals surface area contributed by atoms with Gasteiger partial charge in [-0.3, -0.25) is 24.0 Å². The number of benzene rings is 2. The molecule has 91 heavy (non-hydrogen) atoms. The Morgan fingerprint density at radius 2 is 1.32 bits per heavy atom. The summed E-state index contributed by atoms with van der Waals surface area (Å²) in [7, 11) is 1.51. The minimum atomic E-state index is -0.00749. The van der Waals surface area contributed by atoms with E-state index in [1.165, 1.54) is 45.6 Å². The Bertz CT molecular complexity index is 2640. The van der Waals surface area contributed by atoms with Crippen LogP contribution in [0, 0.1) is 53.3 Å². The molecule has 2 aliphatic heterocycles. The van der Waals surface area contributed by atoms with E-state index in [2.05, 4.69) is 115 Å². The molecule has 5 atom stereocenters. The van der Waals surface area contributed by atoms with E-state index in [-0.39, 0.29) is 36.2 Å². The minimum Gasteiger partial charge on any atom is -0.504 e. The molecule has 2 aromatic carbocycles. The average Bonchev–Trinajstić information content (AvgIpc) is 1.57. The summed E-state index contributed by atoms with van der Waals surface area (Å²) >= 11 is 0. The van der Waals surface area contributed by atoms with Crippen LogP contribution in [0.4, 0.5) is 0 Å². The third-order valence-electron chi connectivity index (χ3n) is 15.8. The Kier molecular flexibility index (Phi) is 42.8. The van der Waals surface area contributed by atoms with Crippen LogP contribution in [-0.2, 0) is 30.5 Å². The molecule has 4 aliphatic rings. The van der Waals surface area contributed by atoms with E-state index in [1.807, 2.05) is 85.6 Å². The van der Waals surface area contributed by atoms with Crippen molar-refractivity contribution in [2.45, 2.75) is 186 Å². The number of nitrogens with one attached hydrogen (secondary N) is 4. The van der Waals surface area contributed by atoms with Crippen molar-refractivity contribution in [1.82, 2.24) is 26.2 Å². The first-order valence-electron chi connectivity index (χ1n) is 34.2. The summed E-state index contributed by atoms with van der Waals surface area (Å²) in [6.07, 6.45) is 47.1. The topological polar surface area (TPSA) is 185 Å². The summed E-state index contributed by atoms with van der Waals surface area (Å²) in [4.78, 5) is 60.1. The molecule has 0 spiro atoms. The summed E-state index contributed by atoms with van der Waals surface area (Å²) in [5.74, 6) is 8.13. The van der Waals surface area contributed by atoms with Crippen LogP contribution in [0.2, 0.25) is 0 Å². The summed E-state index contributed by atoms with van der Waals surface area (Å²) in [6.45, 7) is 30.5. The number of amides is 5. The number of unbranched alkanes of at least 4 members (excludes halogenated alkanes) is 6. The lowest BCUT2D eigenvalue weighted by Crippen LogP contribution is -2.34. The van der Waals surface area contributed by atoms with E-state index in [1.54, 1.807) is 42.5 Å². The Morgan fingerprint density at radius 1 is 0.670 bits per heavy atom. The number of carbonyl (C=O) groups excluding carboxylic acids is 5. The Hall–Kier alpha value is -7.09. The van der Waals surface area contributed by atoms with Gasteiger partial charge in [0.1, 0.15) is 0 Å². The zero-order valence-corrected chi connectivity index (χ0v) is 58.1. The number of hydrogen-bond donors (Lipinski definition) is 5. The Labute approximate surface area is 550 Å². The van der Waals surface area contributed by atoms with E-state index in [9.17, 15) is 29.1 Å². The number of fused-ring (bicyclic) bond motifs is 2. The van der Waals surface area contributed by atoms with Gasteiger partial charge in [-0.15, -0.1) is 0 Å². The summed E-state index contributed by atoms with van der Waals surface area (Å²) in [6, 6.07) is 10.9. The number of allylic oxidation sites excluding steroid dienone is 12. The molecule has 2 aromatic rings. The normalized spacial score (nSPS) is 18.3. The summed E-state index contributed by atoms with van der Waals surface area (Å²) in [5, 5.41) is 21.1. The maximum atomic E-state index is 12.0. The standard InChI is InChI=1S/C18H27NO3.C17H19NO3.2C14H25NO.C14H23NO/c1-14(2)8-6-4-5-7-9-18(21)19-13-15-10-11-16(20)17(12-15)22-3;19-17(18-10-4-1-5-11-18)7-3-2-6-14-8-9-15-16(12-14)21-13-20-15;1-5-15-14(16)13-11-9(4)6-7-10(8(2)3)12(11)13;2*1-4-5-6-7-8-9-10-11-14(16)15-12-13(2)3/h6,8,10-12,14,20H,4-5,7,9,13H2,1-3H3,(H,19,21);2-3,6-9,12H,1,4-5,10-11,13H2;8-13H,5-7H2,1-4H3,(H,15,16);8-11,13H,4-7,12H2,1-3H3,(H,15,16);4-7,10-11,13H,8-9,12H2,1-3H3,(H,15,16)/b8-6+;6-2+,7-3+;;9-8+,11-10+;5-4+,7-6-,11-10+/t;;9-,10+,11+,12-,13-;;/m..1../s1. The van der Waals surface area contributed by atoms with Crippen molar-refractivity contribution >= 4 is 35.6 Å². The first kappa shape index (κ1) is 80.0. The van der Waals surface area contributed by atoms with Crippen LogP contribution in [0.5, 0.6) is 23.0 Å². The molecule has 0 radical (unpaired) electrons. The fourth-order valence-electron chi connectivity index (χ4n) is 10.7. The Balaban J connectivity index is 0.000000391. The lowest BCUT2D eigenvalue weighted by molar-refractivity contribution is -0.127. The molecule has 14 heteroatoms. The fourth-order valence-corrected chi connectivity index (χ4v) is 10.7. The SMILES string of the molecule is C/C=C/C=C\CC/C=C/C(=O)NCC(C)C.CCCCC/C=C/C=C/C(=O)NCC(C)C.CCNC(=O)[C@@H]1[C@@H]2[C@H]1[C@H](C(C)C)CC[C@H]2C.COc1cc(CNC(=O)CCCC/C=C/C(C)C)ccc1O.O=C(/C=C/C=C/c1ccc2c(c1)OCO2)N1CCCCC1. The molecule has 2 saturated carbocycles. The van der Waals surface area contributed by atoms with Crippen molar-refractivity contribution in [2.75, 3.05) is 46.6 Å². The maximum Gasteiger partial charge on any atom is 0.246 e. The van der Waals surface area contributed by atoms with Gasteiger partial charge in [-0.1, -0.05) is 180 Å². The Morgan fingerprint density at radius 3 is 1.98 bits per heavy atom. The van der Waals surface area contributed by atoms with Crippen molar-refractivity contribution in [3.05, 3.63) is 139 Å². The highest BCUT2D eigenvalue weighted by atomic mass is 16.7. The summed E-state index contributed by atoms with van der Waals surface area (Å²) in [5.41, 5.74) is 1.93. The second-order valence-corrected chi connectivity index (χ2v) is 25.5. The van der Waals surface area contributed by atoms with Gasteiger partial charge in [0, 0.05) is 63.8 Å². The molecule has 0 aromatic heterocycles. The first-order chi connectivity index (χ1) is 43.8. The van der Waals surface area contributed by atoms with Gasteiger partial charge in [0.15, 0.2) is 23.0 Å². The number of phenolic OH excluding ortho intramolecular Hbond substituents is 1. The lowest BCUT2D eigenvalue weighted by atomic mass is 9.77. The lowest BCUT2D eigenvalue weighted by Gasteiger charge is -2.28. The van der Waals surface area contributed by atoms with Gasteiger partial charge in [-0.25, -0.2) is 0 Å². The number of methoxy groups -OCH3 is 1. The van der Waals surface area contributed by atoms with Gasteiger partial charge in [-0.2, -0.15) is 0 Å². The molecule has 0 bridgehead atoms. The molecular formula is C77H119N5O9. The molecule has 14 nitrogen and oxygen atoms in total. The van der Waals surface area contributed by atoms with Crippen molar-refractivity contribution in [3.63, 3.8) is 0 Å². The third-order valence-corrected chi connectivity index (χ3v) is 15.8. The van der Waals surface area contributed by atoms with Gasteiger partial charge < -0.3 is 45.5 Å². The van der Waals surface area contributed by atoms with Crippen LogP contribution >= 0.6 is 0 Å². The number of hydrogen-bond acceptors (Lipinski definition) is 9. The third kappa shape index (κ3) is 36.5. The van der Waals surface area contributed by atoms with E-state index in [0.717, 1.165) is 124 Å². The molecule has 2 aliphatic carbocycles. The smallest absolute Gasteiger partial charge is 0.246 e. The zero-order chi connectivity index (χ0) is 67.2. The van der Waals surface area contributed by atoms with Gasteiger partial charge in [-0.05, 0) is 173 Å². The predicted octanol–water partition coefficient (Wildman–Crippen LogP) is 16.2. The van der Waals surface area contributed by atoms with Crippen LogP contribution in [0.1, 0.15) is 191 Å². The maximum absolute atomic E-state index is 12.0. The quantitative estimate of drug-likeness (QED) is 0.0220. The number of carbonyl (C=O) groups is 5. The van der Waals surface area contributed by atoms with Crippen molar-refractivity contribution < 1.29 is 43.3 Å². The van der Waals surface area contributed by atoms with Crippen molar-refractivity contribution in [2.24, 2.45) is 53.3 Å². The van der Waals surface area contributed by atoms with Crippen LogP contribution in [0.3, 0.4) is 0 Å². The van der Waals surface area contributed by atoms with E-state index < -0.39 is 0 Å². The highest BCUT2D eigenvalue weighted by Gasteiger charge is 2.61. The number of phenols is 1. The number of rotatable bonds is 30. The van der Waals surface area contributed by atoms with Crippen molar-refractivity contribution in [1.29, 1.82) is 0 Å². The zero-order valence-electron chi connectivity index (χ0n) is 58.1. The molecule has 506 valence electrons. The summed E-state index contributed by atoms with van der Waals surface area (Å²) < 4.78 is 15.6. The number of likely N-dealkylation sites (tertiary alicyclic amines) is 1. The second kappa shape index (κ2) is 48.7. The molecule has 1 saturated heterocycles. The highest BCUT2D eigenvalue weighted by molar-refractivity contribution is 5.88.